The molecule has 15 nitrogen and oxygen atoms in total. The number of fused-ring (bicyclic) bond motifs is 5. The zero-order valence-corrected chi connectivity index (χ0v) is 31.7. The molecule has 3 aliphatic heterocycles. The molecule has 0 amide bonds. The summed E-state index contributed by atoms with van der Waals surface area (Å²) in [5.41, 5.74) is 4.67. The summed E-state index contributed by atoms with van der Waals surface area (Å²) in [6.07, 6.45) is -13.8. The van der Waals surface area contributed by atoms with Crippen LogP contribution in [0.25, 0.3) is 0 Å². The zero-order valence-electron chi connectivity index (χ0n) is 31.7. The van der Waals surface area contributed by atoms with Crippen molar-refractivity contribution < 1.29 is 74.1 Å². The van der Waals surface area contributed by atoms with Crippen LogP contribution in [-0.2, 0) is 33.2 Å². The van der Waals surface area contributed by atoms with Gasteiger partial charge in [0.25, 0.3) is 0 Å². The van der Waals surface area contributed by atoms with Gasteiger partial charge in [0.05, 0.1) is 24.9 Å². The van der Waals surface area contributed by atoms with E-state index in [9.17, 15) is 45.6 Å². The van der Waals surface area contributed by atoms with Crippen molar-refractivity contribution in [3.05, 3.63) is 17.4 Å². The second kappa shape index (κ2) is 15.4. The van der Waals surface area contributed by atoms with Crippen LogP contribution in [0.2, 0.25) is 0 Å². The number of ketones is 1. The molecule has 0 spiro atoms. The predicted molar refractivity (Wildman–Crippen MR) is 186 cm³/mol. The molecule has 6 fully saturated rings. The normalized spacial score (nSPS) is 54.6. The average Bonchev–Trinajstić information content (AvgIpc) is 3.50. The van der Waals surface area contributed by atoms with Gasteiger partial charge in [-0.3, -0.25) is 4.79 Å². The van der Waals surface area contributed by atoms with Crippen LogP contribution in [0.1, 0.15) is 79.6 Å². The molecule has 4 aliphatic carbocycles. The van der Waals surface area contributed by atoms with Crippen molar-refractivity contribution in [2.24, 2.45) is 34.5 Å². The molecule has 8 N–H and O–H groups in total. The number of ether oxygens (including phenoxy) is 6. The lowest BCUT2D eigenvalue weighted by Crippen LogP contribution is -2.66. The average molecular weight is 769 g/mol. The minimum absolute atomic E-state index is 0.000399. The summed E-state index contributed by atoms with van der Waals surface area (Å²) in [6.45, 7) is 8.65. The topological polar surface area (TPSA) is 234 Å². The fourth-order valence-corrected chi connectivity index (χ4v) is 11.2. The van der Waals surface area contributed by atoms with Crippen LogP contribution in [-0.4, -0.2) is 151 Å². The predicted octanol–water partition coefficient (Wildman–Crippen LogP) is -0.192. The van der Waals surface area contributed by atoms with Crippen molar-refractivity contribution in [1.82, 2.24) is 0 Å². The van der Waals surface area contributed by atoms with Crippen molar-refractivity contribution in [1.29, 1.82) is 0 Å². The first-order valence-corrected chi connectivity index (χ1v) is 19.8. The number of hydrogen-bond donors (Lipinski definition) is 8. The second-order valence-electron chi connectivity index (χ2n) is 17.6. The Hall–Kier alpha value is -1.37. The van der Waals surface area contributed by atoms with E-state index in [0.29, 0.717) is 30.6 Å². The van der Waals surface area contributed by atoms with Gasteiger partial charge in [-0.2, -0.15) is 0 Å². The molecule has 0 unspecified atom stereocenters. The van der Waals surface area contributed by atoms with Gasteiger partial charge in [-0.1, -0.05) is 13.8 Å². The highest BCUT2D eigenvalue weighted by Gasteiger charge is 2.60. The van der Waals surface area contributed by atoms with Crippen LogP contribution < -0.4 is 0 Å². The van der Waals surface area contributed by atoms with Gasteiger partial charge in [0, 0.05) is 12.3 Å². The Balaban J connectivity index is 1.12. The quantitative estimate of drug-likeness (QED) is 0.150. The Morgan fingerprint density at radius 1 is 0.741 bits per heavy atom. The Kier molecular flexibility index (Phi) is 11.7. The highest BCUT2D eigenvalue weighted by Crippen LogP contribution is 2.65. The second-order valence-corrected chi connectivity index (χ2v) is 17.6. The zero-order chi connectivity index (χ0) is 39.0. The summed E-state index contributed by atoms with van der Waals surface area (Å²) in [4.78, 5) is 12.6. The number of carbonyl (C=O) groups excluding carboxylic acids is 1. The van der Waals surface area contributed by atoms with Crippen molar-refractivity contribution in [2.45, 2.75) is 178 Å². The van der Waals surface area contributed by atoms with Gasteiger partial charge in [0.2, 0.25) is 0 Å². The SMILES string of the molecule is CC(=O)[C@H]1CC[C@H]2[C@@H]3C=C=C4C[C@@H](O[C@@H]5O[C@H](CO)[C@@H](O[C@@H]6O[C@@H](C)[C@H](O)[C@@H](O)[C@H]6O)[C@H](O)[C@H]5O[C@@H]5O[C@@H](C)[C@H](O)[C@@H](O)[C@H]5O)CC[C@]4(C)[C@H]3CC[C@]12C. The number of aliphatic hydroxyl groups is 8. The van der Waals surface area contributed by atoms with Gasteiger partial charge in [-0.05, 0) is 99.5 Å². The number of carbonyl (C=O) groups is 1. The summed E-state index contributed by atoms with van der Waals surface area (Å²) in [5, 5.41) is 85.2. The standard InChI is InChI=1S/C39H60O15/c1-16(41)22-8-9-23-21-7-6-19-14-20(10-12-38(19,4)24(21)11-13-39(22,23)5)51-37-34(54-36-31(47)29(45)27(43)18(3)50-36)32(48)33(25(15-40)52-37)53-35-30(46)28(44)26(42)17(2)49-35/h7,17-18,20-37,40,42-48H,8-15H2,1-5H3/t17-,18-,20-,21-,22+,23-,24-,25+,26-,27-,28+,29+,30+,31+,32-,33+,34+,35-,36-,37+,38-,39+/m0/s1. The lowest BCUT2D eigenvalue weighted by Gasteiger charge is -2.56. The Bertz CT molecular complexity index is 1440. The van der Waals surface area contributed by atoms with Gasteiger partial charge in [0.1, 0.15) is 66.8 Å². The highest BCUT2D eigenvalue weighted by atomic mass is 16.8. The van der Waals surface area contributed by atoms with Crippen LogP contribution in [0.3, 0.4) is 0 Å². The van der Waals surface area contributed by atoms with E-state index in [1.54, 1.807) is 6.92 Å². The molecule has 3 heterocycles. The number of aliphatic hydroxyl groups excluding tert-OH is 8. The molecule has 3 saturated carbocycles. The first-order valence-electron chi connectivity index (χ1n) is 19.8. The van der Waals surface area contributed by atoms with Crippen LogP contribution in [0.4, 0.5) is 0 Å². The number of Topliss-reactive ketones (excluding diaryl/α,β-unsaturated/α-hetero) is 1. The molecule has 3 saturated heterocycles. The van der Waals surface area contributed by atoms with Crippen LogP contribution in [0.5, 0.6) is 0 Å². The molecule has 0 aromatic carbocycles. The minimum Gasteiger partial charge on any atom is -0.394 e. The highest BCUT2D eigenvalue weighted by molar-refractivity contribution is 5.79. The van der Waals surface area contributed by atoms with Gasteiger partial charge < -0.3 is 69.3 Å². The molecule has 0 aromatic heterocycles. The van der Waals surface area contributed by atoms with Gasteiger partial charge in [0.15, 0.2) is 18.9 Å². The summed E-state index contributed by atoms with van der Waals surface area (Å²) >= 11 is 0. The van der Waals surface area contributed by atoms with E-state index in [2.05, 4.69) is 25.7 Å². The Labute approximate surface area is 315 Å². The minimum atomic E-state index is -1.72. The lowest BCUT2D eigenvalue weighted by atomic mass is 9.48. The summed E-state index contributed by atoms with van der Waals surface area (Å²) in [5.74, 6) is 1.58. The van der Waals surface area contributed by atoms with E-state index in [1.165, 1.54) is 13.8 Å². The molecular weight excluding hydrogens is 708 g/mol. The third-order valence-electron chi connectivity index (χ3n) is 14.5. The maximum atomic E-state index is 12.6. The summed E-state index contributed by atoms with van der Waals surface area (Å²) < 4.78 is 36.2. The van der Waals surface area contributed by atoms with Crippen molar-refractivity contribution in [3.63, 3.8) is 0 Å². The lowest BCUT2D eigenvalue weighted by molar-refractivity contribution is -0.388. The van der Waals surface area contributed by atoms with E-state index in [1.807, 2.05) is 0 Å². The number of rotatable bonds is 8. The largest absolute Gasteiger partial charge is 0.394 e. The van der Waals surface area contributed by atoms with E-state index in [-0.39, 0.29) is 22.5 Å². The third kappa shape index (κ3) is 6.88. The van der Waals surface area contributed by atoms with Crippen LogP contribution in [0.15, 0.2) is 17.4 Å². The molecule has 0 bridgehead atoms. The van der Waals surface area contributed by atoms with E-state index in [4.69, 9.17) is 28.4 Å². The fourth-order valence-electron chi connectivity index (χ4n) is 11.2. The van der Waals surface area contributed by atoms with E-state index < -0.39 is 105 Å². The van der Waals surface area contributed by atoms with Gasteiger partial charge in [-0.25, -0.2) is 0 Å². The maximum Gasteiger partial charge on any atom is 0.187 e. The molecule has 0 radical (unpaired) electrons. The van der Waals surface area contributed by atoms with Gasteiger partial charge >= 0.3 is 0 Å². The Morgan fingerprint density at radius 2 is 1.35 bits per heavy atom. The molecular formula is C39H60O15. The van der Waals surface area contributed by atoms with Gasteiger partial charge in [-0.15, -0.1) is 5.73 Å². The first kappa shape index (κ1) is 40.8. The fraction of sp³-hybridized carbons (Fsp3) is 0.897. The van der Waals surface area contributed by atoms with Crippen molar-refractivity contribution >= 4 is 5.78 Å². The summed E-state index contributed by atoms with van der Waals surface area (Å²) in [6, 6.07) is 0. The molecule has 22 atom stereocenters. The van der Waals surface area contributed by atoms with Crippen LogP contribution in [0, 0.1) is 34.5 Å². The molecule has 7 aliphatic rings. The molecule has 15 heteroatoms. The Morgan fingerprint density at radius 3 is 1.94 bits per heavy atom. The molecule has 0 aromatic rings. The van der Waals surface area contributed by atoms with E-state index >= 15 is 0 Å². The van der Waals surface area contributed by atoms with Crippen molar-refractivity contribution in [3.8, 4) is 0 Å². The molecule has 54 heavy (non-hydrogen) atoms. The van der Waals surface area contributed by atoms with E-state index in [0.717, 1.165) is 37.7 Å². The summed E-state index contributed by atoms with van der Waals surface area (Å²) in [7, 11) is 0. The smallest absolute Gasteiger partial charge is 0.187 e. The third-order valence-corrected chi connectivity index (χ3v) is 14.5. The maximum absolute atomic E-state index is 12.6. The molecule has 7 rings (SSSR count). The first-order chi connectivity index (χ1) is 25.5. The monoisotopic (exact) mass is 768 g/mol. The van der Waals surface area contributed by atoms with Crippen molar-refractivity contribution in [2.75, 3.05) is 6.61 Å². The number of hydrogen-bond acceptors (Lipinski definition) is 15. The molecule has 306 valence electrons. The van der Waals surface area contributed by atoms with Crippen LogP contribution >= 0.6 is 0 Å².